The van der Waals surface area contributed by atoms with Crippen molar-refractivity contribution in [3.05, 3.63) is 77.7 Å². The molecule has 0 spiro atoms. The van der Waals surface area contributed by atoms with Crippen LogP contribution in [0, 0.1) is 0 Å². The number of rotatable bonds is 8. The number of amides is 2. The normalized spacial score (nSPS) is 17.2. The molecule has 1 atom stereocenters. The summed E-state index contributed by atoms with van der Waals surface area (Å²) < 4.78 is 13.1. The van der Waals surface area contributed by atoms with E-state index < -0.39 is 0 Å². The lowest BCUT2D eigenvalue weighted by Crippen LogP contribution is -2.48. The van der Waals surface area contributed by atoms with Crippen molar-refractivity contribution in [3.63, 3.8) is 0 Å². The highest BCUT2D eigenvalue weighted by Gasteiger charge is 2.29. The molecule has 1 aliphatic carbocycles. The van der Waals surface area contributed by atoms with Crippen molar-refractivity contribution in [1.82, 2.24) is 19.7 Å². The van der Waals surface area contributed by atoms with Crippen LogP contribution in [-0.4, -0.2) is 66.5 Å². The first kappa shape index (κ1) is 29.1. The fourth-order valence-electron chi connectivity index (χ4n) is 6.76. The summed E-state index contributed by atoms with van der Waals surface area (Å²) in [6, 6.07) is 15.5. The lowest BCUT2D eigenvalue weighted by atomic mass is 9.82. The monoisotopic (exact) mass is 582 g/mol. The molecule has 226 valence electrons. The van der Waals surface area contributed by atoms with Gasteiger partial charge in [0.15, 0.2) is 0 Å². The van der Waals surface area contributed by atoms with E-state index in [1.807, 2.05) is 54.3 Å². The number of carbonyl (C=O) groups excluding carboxylic acids is 2. The molecule has 3 heterocycles. The van der Waals surface area contributed by atoms with Crippen LogP contribution in [0.1, 0.15) is 72.5 Å². The van der Waals surface area contributed by atoms with Gasteiger partial charge in [0, 0.05) is 42.7 Å². The SMILES string of the molecule is COc1cccc([C@@H](C)NC(=O)c2ccc3c(C4CCCCC4)c(-c4ccoc4)n(CC(=O)N4CCN(C)CC4)c3c2)c1. The van der Waals surface area contributed by atoms with Gasteiger partial charge in [-0.05, 0) is 74.2 Å². The van der Waals surface area contributed by atoms with Gasteiger partial charge in [0.05, 0.1) is 36.9 Å². The lowest BCUT2D eigenvalue weighted by molar-refractivity contribution is -0.133. The number of hydrogen-bond donors (Lipinski definition) is 1. The third-order valence-electron chi connectivity index (χ3n) is 9.26. The van der Waals surface area contributed by atoms with Crippen LogP contribution in [0.2, 0.25) is 0 Å². The standard InChI is InChI=1S/C35H42N4O4/c1-24(26-10-7-11-29(20-26)42-3)36-35(41)27-12-13-30-31(21-27)39(22-32(40)38-17-15-37(2)16-18-38)34(28-14-19-43-23-28)33(30)25-8-5-4-6-9-25/h7,10-14,19-21,23-25H,4-6,8-9,15-18,22H2,1-3H3,(H,36,41)/t24-/m1/s1. The second-order valence-corrected chi connectivity index (χ2v) is 12.1. The van der Waals surface area contributed by atoms with E-state index in [0.717, 1.165) is 72.5 Å². The first-order chi connectivity index (χ1) is 20.9. The number of furan rings is 1. The van der Waals surface area contributed by atoms with Gasteiger partial charge in [0.25, 0.3) is 5.91 Å². The second-order valence-electron chi connectivity index (χ2n) is 12.1. The number of likely N-dealkylation sites (N-methyl/N-ethyl adjacent to an activating group) is 1. The minimum Gasteiger partial charge on any atom is -0.497 e. The highest BCUT2D eigenvalue weighted by Crippen LogP contribution is 2.44. The summed E-state index contributed by atoms with van der Waals surface area (Å²) in [6.45, 7) is 5.38. The van der Waals surface area contributed by atoms with Crippen molar-refractivity contribution in [2.24, 2.45) is 0 Å². The van der Waals surface area contributed by atoms with Crippen molar-refractivity contribution >= 4 is 22.7 Å². The molecule has 0 unspecified atom stereocenters. The maximum absolute atomic E-state index is 13.8. The quantitative estimate of drug-likeness (QED) is 0.267. The minimum absolute atomic E-state index is 0.103. The molecule has 2 aromatic heterocycles. The van der Waals surface area contributed by atoms with E-state index in [2.05, 4.69) is 27.9 Å². The fraction of sp³-hybridized carbons (Fsp3) is 0.429. The molecule has 6 rings (SSSR count). The number of benzene rings is 2. The van der Waals surface area contributed by atoms with Crippen molar-refractivity contribution in [3.8, 4) is 17.0 Å². The average molecular weight is 583 g/mol. The zero-order valence-electron chi connectivity index (χ0n) is 25.5. The summed E-state index contributed by atoms with van der Waals surface area (Å²) >= 11 is 0. The number of piperazine rings is 1. The molecule has 0 radical (unpaired) electrons. The second kappa shape index (κ2) is 12.7. The van der Waals surface area contributed by atoms with Gasteiger partial charge in [0.2, 0.25) is 5.91 Å². The number of fused-ring (bicyclic) bond motifs is 1. The highest BCUT2D eigenvalue weighted by molar-refractivity contribution is 6.01. The molecule has 1 saturated carbocycles. The molecule has 2 aromatic carbocycles. The molecule has 1 aliphatic heterocycles. The molecule has 0 bridgehead atoms. The van der Waals surface area contributed by atoms with Gasteiger partial charge in [-0.1, -0.05) is 37.5 Å². The molecule has 8 nitrogen and oxygen atoms in total. The number of methoxy groups -OCH3 is 1. The molecular formula is C35H42N4O4. The molecule has 2 fully saturated rings. The van der Waals surface area contributed by atoms with Gasteiger partial charge in [0.1, 0.15) is 12.3 Å². The number of nitrogens with one attached hydrogen (secondary N) is 1. The Balaban J connectivity index is 1.41. The Kier molecular flexibility index (Phi) is 8.56. The number of carbonyl (C=O) groups is 2. The van der Waals surface area contributed by atoms with E-state index in [1.165, 1.54) is 24.8 Å². The van der Waals surface area contributed by atoms with E-state index in [0.29, 0.717) is 11.5 Å². The van der Waals surface area contributed by atoms with E-state index >= 15 is 0 Å². The lowest BCUT2D eigenvalue weighted by Gasteiger charge is -2.32. The van der Waals surface area contributed by atoms with Crippen LogP contribution in [0.5, 0.6) is 5.75 Å². The molecule has 2 aliphatic rings. The Morgan fingerprint density at radius 2 is 1.81 bits per heavy atom. The molecule has 4 aromatic rings. The first-order valence-electron chi connectivity index (χ1n) is 15.5. The number of ether oxygens (including phenoxy) is 1. The minimum atomic E-state index is -0.205. The van der Waals surface area contributed by atoms with Crippen LogP contribution in [-0.2, 0) is 11.3 Å². The summed E-state index contributed by atoms with van der Waals surface area (Å²) in [5.41, 5.74) is 5.75. The van der Waals surface area contributed by atoms with Crippen molar-refractivity contribution in [2.75, 3.05) is 40.3 Å². The Morgan fingerprint density at radius 1 is 1.02 bits per heavy atom. The Labute approximate surface area is 253 Å². The van der Waals surface area contributed by atoms with E-state index in [-0.39, 0.29) is 24.4 Å². The van der Waals surface area contributed by atoms with Gasteiger partial charge in [-0.25, -0.2) is 0 Å². The Hall–Kier alpha value is -4.04. The molecule has 2 amide bonds. The van der Waals surface area contributed by atoms with Crippen molar-refractivity contribution < 1.29 is 18.7 Å². The van der Waals surface area contributed by atoms with Gasteiger partial charge in [-0.15, -0.1) is 0 Å². The van der Waals surface area contributed by atoms with E-state index in [4.69, 9.17) is 9.15 Å². The predicted octanol–water partition coefficient (Wildman–Crippen LogP) is 6.22. The molecule has 43 heavy (non-hydrogen) atoms. The van der Waals surface area contributed by atoms with Crippen LogP contribution in [0.4, 0.5) is 0 Å². The summed E-state index contributed by atoms with van der Waals surface area (Å²) in [7, 11) is 3.73. The third kappa shape index (κ3) is 6.07. The molecule has 1 saturated heterocycles. The molecule has 8 heteroatoms. The maximum atomic E-state index is 13.8. The highest BCUT2D eigenvalue weighted by atomic mass is 16.5. The largest absolute Gasteiger partial charge is 0.497 e. The van der Waals surface area contributed by atoms with Gasteiger partial charge < -0.3 is 28.8 Å². The van der Waals surface area contributed by atoms with Crippen molar-refractivity contribution in [1.29, 1.82) is 0 Å². The summed E-state index contributed by atoms with van der Waals surface area (Å²) in [5.74, 6) is 1.10. The number of aromatic nitrogens is 1. The Bertz CT molecular complexity index is 1580. The van der Waals surface area contributed by atoms with Crippen LogP contribution in [0.15, 0.2) is 65.5 Å². The number of hydrogen-bond acceptors (Lipinski definition) is 5. The zero-order valence-corrected chi connectivity index (χ0v) is 25.5. The summed E-state index contributed by atoms with van der Waals surface area (Å²) in [6.07, 6.45) is 9.38. The fourth-order valence-corrected chi connectivity index (χ4v) is 6.76. The average Bonchev–Trinajstić information content (AvgIpc) is 3.68. The Morgan fingerprint density at radius 3 is 2.53 bits per heavy atom. The smallest absolute Gasteiger partial charge is 0.251 e. The predicted molar refractivity (Wildman–Crippen MR) is 168 cm³/mol. The molecule has 1 N–H and O–H groups in total. The van der Waals surface area contributed by atoms with E-state index in [9.17, 15) is 9.59 Å². The van der Waals surface area contributed by atoms with Crippen LogP contribution in [0.25, 0.3) is 22.2 Å². The topological polar surface area (TPSA) is 79.9 Å². The summed E-state index contributed by atoms with van der Waals surface area (Å²) in [4.78, 5) is 31.6. The summed E-state index contributed by atoms with van der Waals surface area (Å²) in [5, 5.41) is 4.28. The third-order valence-corrected chi connectivity index (χ3v) is 9.26. The molecular weight excluding hydrogens is 540 g/mol. The number of nitrogens with zero attached hydrogens (tertiary/aromatic N) is 3. The zero-order chi connectivity index (χ0) is 29.9. The first-order valence-corrected chi connectivity index (χ1v) is 15.5. The van der Waals surface area contributed by atoms with Gasteiger partial charge in [-0.2, -0.15) is 0 Å². The van der Waals surface area contributed by atoms with Gasteiger partial charge in [-0.3, -0.25) is 9.59 Å². The van der Waals surface area contributed by atoms with Crippen LogP contribution < -0.4 is 10.1 Å². The van der Waals surface area contributed by atoms with Gasteiger partial charge >= 0.3 is 0 Å². The van der Waals surface area contributed by atoms with Crippen LogP contribution >= 0.6 is 0 Å². The van der Waals surface area contributed by atoms with Crippen molar-refractivity contribution in [2.45, 2.75) is 57.5 Å². The van der Waals surface area contributed by atoms with E-state index in [1.54, 1.807) is 19.6 Å². The van der Waals surface area contributed by atoms with Crippen LogP contribution in [0.3, 0.4) is 0 Å². The maximum Gasteiger partial charge on any atom is 0.251 e.